The molecular formula is C34H36N2O6. The maximum atomic E-state index is 12.2. The third kappa shape index (κ3) is 9.45. The van der Waals surface area contributed by atoms with Crippen LogP contribution in [0.2, 0.25) is 0 Å². The summed E-state index contributed by atoms with van der Waals surface area (Å²) in [6, 6.07) is 18.7. The topological polar surface area (TPSA) is 95.1 Å². The quantitative estimate of drug-likeness (QED) is 0.197. The molecule has 8 nitrogen and oxygen atoms in total. The first kappa shape index (κ1) is 31.3. The van der Waals surface area contributed by atoms with Crippen molar-refractivity contribution in [1.29, 1.82) is 0 Å². The number of rotatable bonds is 14. The maximum Gasteiger partial charge on any atom is 0.244 e. The van der Waals surface area contributed by atoms with E-state index in [2.05, 4.69) is 10.6 Å². The molecule has 3 rings (SSSR count). The fourth-order valence-electron chi connectivity index (χ4n) is 3.95. The summed E-state index contributed by atoms with van der Waals surface area (Å²) in [6.45, 7) is 0.762. The predicted molar refractivity (Wildman–Crippen MR) is 166 cm³/mol. The van der Waals surface area contributed by atoms with Crippen LogP contribution in [0, 0.1) is 0 Å². The zero-order valence-electron chi connectivity index (χ0n) is 24.3. The van der Waals surface area contributed by atoms with Gasteiger partial charge in [0, 0.05) is 25.2 Å². The van der Waals surface area contributed by atoms with E-state index in [1.54, 1.807) is 52.7 Å². The average molecular weight is 569 g/mol. The summed E-state index contributed by atoms with van der Waals surface area (Å²) in [7, 11) is 6.38. The molecule has 218 valence electrons. The molecule has 0 bridgehead atoms. The first-order valence-electron chi connectivity index (χ1n) is 13.2. The van der Waals surface area contributed by atoms with Gasteiger partial charge in [0.05, 0.1) is 39.6 Å². The molecule has 8 heteroatoms. The van der Waals surface area contributed by atoms with E-state index in [4.69, 9.17) is 18.9 Å². The third-order valence-corrected chi connectivity index (χ3v) is 6.13. The van der Waals surface area contributed by atoms with Gasteiger partial charge in [0.25, 0.3) is 0 Å². The number of methoxy groups -OCH3 is 4. The van der Waals surface area contributed by atoms with Crippen molar-refractivity contribution in [3.63, 3.8) is 0 Å². The van der Waals surface area contributed by atoms with Crippen LogP contribution >= 0.6 is 0 Å². The molecule has 0 atom stereocenters. The number of hydrogen-bond acceptors (Lipinski definition) is 6. The first-order chi connectivity index (χ1) is 20.5. The Bertz CT molecular complexity index is 1300. The number of hydrogen-bond donors (Lipinski definition) is 2. The zero-order chi connectivity index (χ0) is 30.2. The van der Waals surface area contributed by atoms with Crippen LogP contribution in [0.25, 0.3) is 12.2 Å². The highest BCUT2D eigenvalue weighted by Crippen LogP contribution is 2.30. The summed E-state index contributed by atoms with van der Waals surface area (Å²) in [5.41, 5.74) is 3.47. The molecule has 0 saturated carbocycles. The summed E-state index contributed by atoms with van der Waals surface area (Å²) in [5, 5.41) is 5.71. The summed E-state index contributed by atoms with van der Waals surface area (Å²) in [4.78, 5) is 24.4. The minimum absolute atomic E-state index is 0.215. The van der Waals surface area contributed by atoms with Gasteiger partial charge in [-0.1, -0.05) is 60.7 Å². The van der Waals surface area contributed by atoms with Gasteiger partial charge in [0.15, 0.2) is 0 Å². The Morgan fingerprint density at radius 1 is 0.548 bits per heavy atom. The number of ether oxygens (including phenoxy) is 4. The minimum Gasteiger partial charge on any atom is -0.496 e. The second kappa shape index (κ2) is 16.8. The zero-order valence-corrected chi connectivity index (χ0v) is 24.3. The number of nitrogens with one attached hydrogen (secondary N) is 2. The number of amides is 2. The van der Waals surface area contributed by atoms with E-state index >= 15 is 0 Å². The summed E-state index contributed by atoms with van der Waals surface area (Å²) in [5.74, 6) is 2.30. The van der Waals surface area contributed by atoms with Crippen molar-refractivity contribution < 1.29 is 28.5 Å². The van der Waals surface area contributed by atoms with Crippen molar-refractivity contribution in [3.8, 4) is 23.0 Å². The Kier molecular flexibility index (Phi) is 12.5. The molecule has 2 amide bonds. The lowest BCUT2D eigenvalue weighted by atomic mass is 10.1. The van der Waals surface area contributed by atoms with Crippen LogP contribution in [0.4, 0.5) is 0 Å². The molecule has 2 N–H and O–H groups in total. The molecule has 0 aliphatic rings. The molecular weight excluding hydrogens is 532 g/mol. The highest BCUT2D eigenvalue weighted by Gasteiger charge is 2.07. The smallest absolute Gasteiger partial charge is 0.244 e. The van der Waals surface area contributed by atoms with Crippen molar-refractivity contribution in [2.75, 3.05) is 28.4 Å². The van der Waals surface area contributed by atoms with Gasteiger partial charge in [-0.2, -0.15) is 0 Å². The molecule has 0 aromatic heterocycles. The van der Waals surface area contributed by atoms with Crippen molar-refractivity contribution in [3.05, 3.63) is 119 Å². The van der Waals surface area contributed by atoms with Crippen molar-refractivity contribution in [1.82, 2.24) is 10.6 Å². The van der Waals surface area contributed by atoms with Gasteiger partial charge < -0.3 is 29.6 Å². The van der Waals surface area contributed by atoms with Crippen LogP contribution in [0.3, 0.4) is 0 Å². The molecule has 0 radical (unpaired) electrons. The molecule has 0 aliphatic carbocycles. The minimum atomic E-state index is -0.215. The molecule has 0 heterocycles. The Morgan fingerprint density at radius 2 is 0.881 bits per heavy atom. The van der Waals surface area contributed by atoms with E-state index in [0.29, 0.717) is 36.1 Å². The van der Waals surface area contributed by atoms with Gasteiger partial charge in [-0.3, -0.25) is 9.59 Å². The third-order valence-electron chi connectivity index (χ3n) is 6.13. The molecule has 0 saturated heterocycles. The van der Waals surface area contributed by atoms with E-state index in [1.165, 1.54) is 12.2 Å². The average Bonchev–Trinajstić information content (AvgIpc) is 3.03. The lowest BCUT2D eigenvalue weighted by Crippen LogP contribution is -2.21. The Labute approximate surface area is 247 Å². The van der Waals surface area contributed by atoms with Gasteiger partial charge >= 0.3 is 0 Å². The summed E-state index contributed by atoms with van der Waals surface area (Å²) in [6.07, 6.45) is 13.4. The number of benzene rings is 3. The van der Waals surface area contributed by atoms with Crippen LogP contribution in [0.5, 0.6) is 23.0 Å². The second-order valence-corrected chi connectivity index (χ2v) is 8.84. The van der Waals surface area contributed by atoms with Gasteiger partial charge in [0.1, 0.15) is 23.0 Å². The van der Waals surface area contributed by atoms with E-state index in [9.17, 15) is 9.59 Å². The Balaban J connectivity index is 1.43. The first-order valence-corrected chi connectivity index (χ1v) is 13.2. The summed E-state index contributed by atoms with van der Waals surface area (Å²) < 4.78 is 21.5. The largest absolute Gasteiger partial charge is 0.496 e. The van der Waals surface area contributed by atoms with Gasteiger partial charge in [-0.25, -0.2) is 0 Å². The van der Waals surface area contributed by atoms with Gasteiger partial charge in [-0.15, -0.1) is 0 Å². The highest BCUT2D eigenvalue weighted by molar-refractivity contribution is 5.88. The van der Waals surface area contributed by atoms with E-state index in [0.717, 1.165) is 22.3 Å². The summed E-state index contributed by atoms with van der Waals surface area (Å²) >= 11 is 0. The van der Waals surface area contributed by atoms with E-state index in [-0.39, 0.29) is 11.8 Å². The monoisotopic (exact) mass is 568 g/mol. The molecule has 0 spiro atoms. The standard InChI is InChI=1S/C34H36N2O6/c1-39-29-13-9-14-30(40-2)27(29)11-5-7-17-33(37)35-23-25-19-21-26(22-20-25)24-36-34(38)18-8-6-12-28-31(41-3)15-10-16-32(28)42-4/h5-22H,23-24H2,1-4H3,(H,35,37)(H,36,38)/b11-5+,12-6+,17-7+,18-8+. The lowest BCUT2D eigenvalue weighted by molar-refractivity contribution is -0.117. The normalized spacial score (nSPS) is 11.3. The Hall–Kier alpha value is -5.24. The van der Waals surface area contributed by atoms with E-state index < -0.39 is 0 Å². The van der Waals surface area contributed by atoms with Gasteiger partial charge in [0.2, 0.25) is 11.8 Å². The number of carbonyl (C=O) groups is 2. The van der Waals surface area contributed by atoms with Crippen LogP contribution < -0.4 is 29.6 Å². The van der Waals surface area contributed by atoms with Crippen molar-refractivity contribution >= 4 is 24.0 Å². The molecule has 0 unspecified atom stereocenters. The van der Waals surface area contributed by atoms with Crippen LogP contribution in [0.15, 0.2) is 97.1 Å². The van der Waals surface area contributed by atoms with Crippen LogP contribution in [-0.2, 0) is 22.7 Å². The second-order valence-electron chi connectivity index (χ2n) is 8.84. The fourth-order valence-corrected chi connectivity index (χ4v) is 3.95. The van der Waals surface area contributed by atoms with E-state index in [1.807, 2.05) is 72.8 Å². The molecule has 42 heavy (non-hydrogen) atoms. The Morgan fingerprint density at radius 3 is 1.19 bits per heavy atom. The highest BCUT2D eigenvalue weighted by atomic mass is 16.5. The lowest BCUT2D eigenvalue weighted by Gasteiger charge is -2.09. The number of carbonyl (C=O) groups excluding carboxylic acids is 2. The molecule has 3 aromatic carbocycles. The van der Waals surface area contributed by atoms with Crippen LogP contribution in [0.1, 0.15) is 22.3 Å². The number of allylic oxidation sites excluding steroid dienone is 4. The molecule has 0 aliphatic heterocycles. The SMILES string of the molecule is COc1cccc(OC)c1/C=C/C=C/C(=O)NCc1ccc(CNC(=O)/C=C/C=C/c2c(OC)cccc2OC)cc1. The van der Waals surface area contributed by atoms with Crippen LogP contribution in [-0.4, -0.2) is 40.3 Å². The van der Waals surface area contributed by atoms with Gasteiger partial charge in [-0.05, 0) is 47.5 Å². The van der Waals surface area contributed by atoms with Crippen molar-refractivity contribution in [2.24, 2.45) is 0 Å². The predicted octanol–water partition coefficient (Wildman–Crippen LogP) is 5.49. The molecule has 0 fully saturated rings. The maximum absolute atomic E-state index is 12.2. The van der Waals surface area contributed by atoms with Crippen molar-refractivity contribution in [2.45, 2.75) is 13.1 Å². The molecule has 3 aromatic rings. The fraction of sp³-hybridized carbons (Fsp3) is 0.176.